The number of methoxy groups -OCH3 is 1. The van der Waals surface area contributed by atoms with E-state index in [1.807, 2.05) is 12.1 Å². The fourth-order valence-corrected chi connectivity index (χ4v) is 2.52. The first-order valence-electron chi connectivity index (χ1n) is 4.84. The van der Waals surface area contributed by atoms with Crippen LogP contribution in [-0.4, -0.2) is 18.0 Å². The SMILES string of the molecule is COc1ccc(Br)c2c1/C(=N/O)CCC2. The summed E-state index contributed by atoms with van der Waals surface area (Å²) in [5.41, 5.74) is 2.84. The van der Waals surface area contributed by atoms with Crippen LogP contribution >= 0.6 is 15.9 Å². The largest absolute Gasteiger partial charge is 0.496 e. The van der Waals surface area contributed by atoms with Gasteiger partial charge in [0.15, 0.2) is 0 Å². The van der Waals surface area contributed by atoms with Crippen molar-refractivity contribution >= 4 is 21.6 Å². The fraction of sp³-hybridized carbons (Fsp3) is 0.364. The van der Waals surface area contributed by atoms with Gasteiger partial charge in [0.1, 0.15) is 5.75 Å². The third-order valence-electron chi connectivity index (χ3n) is 2.69. The van der Waals surface area contributed by atoms with Crippen LogP contribution in [0.2, 0.25) is 0 Å². The molecule has 0 heterocycles. The molecule has 1 N–H and O–H groups in total. The molecule has 0 aromatic heterocycles. The zero-order valence-corrected chi connectivity index (χ0v) is 10.0. The highest BCUT2D eigenvalue weighted by Crippen LogP contribution is 2.34. The molecule has 0 amide bonds. The van der Waals surface area contributed by atoms with Crippen molar-refractivity contribution in [3.05, 3.63) is 27.7 Å². The highest BCUT2D eigenvalue weighted by atomic mass is 79.9. The van der Waals surface area contributed by atoms with Gasteiger partial charge in [-0.25, -0.2) is 0 Å². The van der Waals surface area contributed by atoms with Crippen molar-refractivity contribution < 1.29 is 9.94 Å². The van der Waals surface area contributed by atoms with Gasteiger partial charge in [0, 0.05) is 10.0 Å². The Bertz CT molecular complexity index is 415. The van der Waals surface area contributed by atoms with E-state index in [1.54, 1.807) is 7.11 Å². The Kier molecular flexibility index (Phi) is 2.95. The van der Waals surface area contributed by atoms with Crippen LogP contribution < -0.4 is 4.74 Å². The van der Waals surface area contributed by atoms with Gasteiger partial charge < -0.3 is 9.94 Å². The Morgan fingerprint density at radius 2 is 2.20 bits per heavy atom. The minimum absolute atomic E-state index is 0.717. The monoisotopic (exact) mass is 269 g/mol. The number of nitrogens with zero attached hydrogens (tertiary/aromatic N) is 1. The van der Waals surface area contributed by atoms with Crippen LogP contribution in [0.4, 0.5) is 0 Å². The summed E-state index contributed by atoms with van der Waals surface area (Å²) in [7, 11) is 1.63. The number of rotatable bonds is 1. The maximum atomic E-state index is 8.97. The lowest BCUT2D eigenvalue weighted by Crippen LogP contribution is -2.14. The van der Waals surface area contributed by atoms with E-state index in [4.69, 9.17) is 9.94 Å². The third-order valence-corrected chi connectivity index (χ3v) is 3.43. The van der Waals surface area contributed by atoms with Gasteiger partial charge in [0.05, 0.1) is 12.8 Å². The van der Waals surface area contributed by atoms with Crippen molar-refractivity contribution in [3.8, 4) is 5.75 Å². The smallest absolute Gasteiger partial charge is 0.128 e. The number of halogens is 1. The molecular weight excluding hydrogens is 258 g/mol. The van der Waals surface area contributed by atoms with E-state index in [2.05, 4.69) is 21.1 Å². The molecule has 2 rings (SSSR count). The van der Waals surface area contributed by atoms with E-state index >= 15 is 0 Å². The predicted molar refractivity (Wildman–Crippen MR) is 62.0 cm³/mol. The summed E-state index contributed by atoms with van der Waals surface area (Å²) in [5, 5.41) is 12.3. The van der Waals surface area contributed by atoms with Crippen molar-refractivity contribution in [3.63, 3.8) is 0 Å². The van der Waals surface area contributed by atoms with Crippen LogP contribution in [0.3, 0.4) is 0 Å². The molecule has 3 nitrogen and oxygen atoms in total. The molecule has 1 aliphatic carbocycles. The van der Waals surface area contributed by atoms with Crippen molar-refractivity contribution in [2.75, 3.05) is 7.11 Å². The van der Waals surface area contributed by atoms with E-state index in [-0.39, 0.29) is 0 Å². The number of fused-ring (bicyclic) bond motifs is 1. The molecule has 0 fully saturated rings. The van der Waals surface area contributed by atoms with Gasteiger partial charge in [-0.2, -0.15) is 0 Å². The number of benzene rings is 1. The number of oxime groups is 1. The summed E-state index contributed by atoms with van der Waals surface area (Å²) >= 11 is 3.51. The van der Waals surface area contributed by atoms with Crippen LogP contribution in [0.25, 0.3) is 0 Å². The molecule has 0 aliphatic heterocycles. The zero-order valence-electron chi connectivity index (χ0n) is 8.46. The van der Waals surface area contributed by atoms with Crippen molar-refractivity contribution in [2.45, 2.75) is 19.3 Å². The quantitative estimate of drug-likeness (QED) is 0.629. The molecule has 0 unspecified atom stereocenters. The molecule has 0 spiro atoms. The normalized spacial score (nSPS) is 17.6. The molecule has 1 aromatic rings. The third kappa shape index (κ3) is 1.74. The minimum atomic E-state index is 0.717. The lowest BCUT2D eigenvalue weighted by Gasteiger charge is -2.20. The second kappa shape index (κ2) is 4.23. The first kappa shape index (κ1) is 10.5. The molecule has 80 valence electrons. The van der Waals surface area contributed by atoms with Gasteiger partial charge in [-0.1, -0.05) is 21.1 Å². The van der Waals surface area contributed by atoms with Crippen LogP contribution in [-0.2, 0) is 6.42 Å². The summed E-state index contributed by atoms with van der Waals surface area (Å²) in [6.07, 6.45) is 2.81. The van der Waals surface area contributed by atoms with Gasteiger partial charge in [0.2, 0.25) is 0 Å². The zero-order chi connectivity index (χ0) is 10.8. The van der Waals surface area contributed by atoms with Crippen molar-refractivity contribution in [2.24, 2.45) is 5.16 Å². The second-order valence-electron chi connectivity index (χ2n) is 3.50. The van der Waals surface area contributed by atoms with Crippen LogP contribution in [0.15, 0.2) is 21.8 Å². The highest BCUT2D eigenvalue weighted by molar-refractivity contribution is 9.10. The standard InChI is InChI=1S/C11H12BrNO2/c1-15-10-6-5-8(12)7-3-2-4-9(13-14)11(7)10/h5-6,14H,2-4H2,1H3/b13-9+. The highest BCUT2D eigenvalue weighted by Gasteiger charge is 2.22. The summed E-state index contributed by atoms with van der Waals surface area (Å²) in [6.45, 7) is 0. The van der Waals surface area contributed by atoms with Crippen LogP contribution in [0, 0.1) is 0 Å². The van der Waals surface area contributed by atoms with Gasteiger partial charge in [-0.3, -0.25) is 0 Å². The molecule has 0 saturated heterocycles. The van der Waals surface area contributed by atoms with E-state index in [0.717, 1.165) is 40.8 Å². The topological polar surface area (TPSA) is 41.8 Å². The molecular formula is C11H12BrNO2. The fourth-order valence-electron chi connectivity index (χ4n) is 1.99. The average molecular weight is 270 g/mol. The Morgan fingerprint density at radius 3 is 2.87 bits per heavy atom. The lowest BCUT2D eigenvalue weighted by atomic mass is 9.89. The predicted octanol–water partition coefficient (Wildman–Crippen LogP) is 2.97. The molecule has 0 radical (unpaired) electrons. The van der Waals surface area contributed by atoms with E-state index < -0.39 is 0 Å². The van der Waals surface area contributed by atoms with Crippen LogP contribution in [0.1, 0.15) is 24.0 Å². The van der Waals surface area contributed by atoms with E-state index in [1.165, 1.54) is 5.56 Å². The van der Waals surface area contributed by atoms with E-state index in [0.29, 0.717) is 0 Å². The Morgan fingerprint density at radius 1 is 1.40 bits per heavy atom. The summed E-state index contributed by atoms with van der Waals surface area (Å²) < 4.78 is 6.34. The molecule has 4 heteroatoms. The van der Waals surface area contributed by atoms with Crippen LogP contribution in [0.5, 0.6) is 5.75 Å². The number of hydrogen-bond donors (Lipinski definition) is 1. The minimum Gasteiger partial charge on any atom is -0.496 e. The summed E-state index contributed by atoms with van der Waals surface area (Å²) in [6, 6.07) is 3.86. The number of hydrogen-bond acceptors (Lipinski definition) is 3. The van der Waals surface area contributed by atoms with Gasteiger partial charge in [-0.15, -0.1) is 0 Å². The molecule has 1 aliphatic rings. The Hall–Kier alpha value is -1.03. The first-order chi connectivity index (χ1) is 7.27. The molecule has 15 heavy (non-hydrogen) atoms. The maximum absolute atomic E-state index is 8.97. The van der Waals surface area contributed by atoms with Crippen molar-refractivity contribution in [1.29, 1.82) is 0 Å². The van der Waals surface area contributed by atoms with Gasteiger partial charge in [-0.05, 0) is 37.0 Å². The molecule has 0 atom stereocenters. The molecule has 1 aromatic carbocycles. The second-order valence-corrected chi connectivity index (χ2v) is 4.36. The van der Waals surface area contributed by atoms with Crippen molar-refractivity contribution in [1.82, 2.24) is 0 Å². The molecule has 0 bridgehead atoms. The van der Waals surface area contributed by atoms with Gasteiger partial charge >= 0.3 is 0 Å². The number of ether oxygens (including phenoxy) is 1. The Labute approximate surface area is 96.9 Å². The summed E-state index contributed by atoms with van der Waals surface area (Å²) in [4.78, 5) is 0. The first-order valence-corrected chi connectivity index (χ1v) is 5.64. The van der Waals surface area contributed by atoms with Gasteiger partial charge in [0.25, 0.3) is 0 Å². The van der Waals surface area contributed by atoms with E-state index in [9.17, 15) is 0 Å². The average Bonchev–Trinajstić information content (AvgIpc) is 2.29. The molecule has 0 saturated carbocycles. The maximum Gasteiger partial charge on any atom is 0.128 e. The summed E-state index contributed by atoms with van der Waals surface area (Å²) in [5.74, 6) is 0.778. The Balaban J connectivity index is 2.65. The lowest BCUT2D eigenvalue weighted by molar-refractivity contribution is 0.317.